The number of hydrogen-bond donors (Lipinski definition) is 2. The Hall–Kier alpha value is -4.09. The van der Waals surface area contributed by atoms with Gasteiger partial charge in [0, 0.05) is 49.2 Å². The third kappa shape index (κ3) is 5.50. The second-order valence-corrected chi connectivity index (χ2v) is 14.0. The third-order valence-corrected chi connectivity index (χ3v) is 11.3. The second kappa shape index (κ2) is 11.8. The first-order valence-electron chi connectivity index (χ1n) is 16.6. The SMILES string of the molecule is CC(=O)OC1(NC(=O)C(=Cc2ccccc2)OC(F)(F)F)C=C(O)C2=C3C1O[C@H]1CCC[C@H]4[C@@H](C2)[N+](C)(CCc2ccccc2)CC[C@]314. The molecule has 7 rings (SSSR count). The van der Waals surface area contributed by atoms with Crippen molar-refractivity contribution >= 4 is 18.0 Å². The second-order valence-electron chi connectivity index (χ2n) is 14.0. The zero-order valence-electron chi connectivity index (χ0n) is 27.0. The molecule has 2 heterocycles. The fourth-order valence-corrected chi connectivity index (χ4v) is 9.38. The average Bonchev–Trinajstić information content (AvgIpc) is 3.38. The molecule has 3 unspecified atom stereocenters. The molecule has 2 aromatic rings. The maximum absolute atomic E-state index is 13.8. The Labute approximate surface area is 277 Å². The average molecular weight is 666 g/mol. The summed E-state index contributed by atoms with van der Waals surface area (Å²) >= 11 is 0. The normalized spacial score (nSPS) is 33.8. The molecule has 48 heavy (non-hydrogen) atoms. The number of esters is 1. The lowest BCUT2D eigenvalue weighted by Crippen LogP contribution is -2.69. The molecule has 5 aliphatic rings. The highest BCUT2D eigenvalue weighted by atomic mass is 19.4. The zero-order chi connectivity index (χ0) is 33.9. The zero-order valence-corrected chi connectivity index (χ0v) is 27.0. The highest BCUT2D eigenvalue weighted by molar-refractivity contribution is 5.96. The molecule has 1 amide bonds. The molecule has 0 aromatic heterocycles. The van der Waals surface area contributed by atoms with Crippen molar-refractivity contribution in [2.75, 3.05) is 20.1 Å². The minimum Gasteiger partial charge on any atom is -0.508 e. The van der Waals surface area contributed by atoms with Crippen LogP contribution in [0.15, 0.2) is 89.4 Å². The number of rotatable bonds is 8. The molecule has 0 radical (unpaired) electrons. The number of halogens is 3. The number of carbonyl (C=O) groups is 2. The number of aliphatic hydroxyl groups is 1. The topological polar surface area (TPSA) is 94.1 Å². The molecular formula is C37H40F3N2O6+. The van der Waals surface area contributed by atoms with Crippen molar-refractivity contribution in [2.45, 2.75) is 75.8 Å². The van der Waals surface area contributed by atoms with Gasteiger partial charge in [0.05, 0.1) is 32.3 Å². The highest BCUT2D eigenvalue weighted by Gasteiger charge is 2.72. The summed E-state index contributed by atoms with van der Waals surface area (Å²) in [5, 5.41) is 14.3. The standard InChI is InChI=1S/C37H39F3N2O6/c1-23(43)47-36(41-34(45)30(48-37(38,39)40)20-25-12-7-4-8-13-25)22-29(44)26-21-28-27-14-9-15-31-35(27,32(26)33(36)46-31)17-19-42(28,2)18-16-24-10-5-3-6-11-24/h3-8,10-13,20,22,27-28,31,33H,9,14-19,21H2,1-2H3,(H-,41,44,45)/p+1/t27-,28+,31-,33?,35+,36?,42?/m0/s1. The molecule has 254 valence electrons. The molecule has 2 bridgehead atoms. The molecule has 3 aliphatic carbocycles. The van der Waals surface area contributed by atoms with Crippen molar-refractivity contribution in [1.82, 2.24) is 5.32 Å². The van der Waals surface area contributed by atoms with Gasteiger partial charge in [-0.1, -0.05) is 67.1 Å². The Morgan fingerprint density at radius 1 is 1.10 bits per heavy atom. The maximum Gasteiger partial charge on any atom is 0.573 e. The third-order valence-electron chi connectivity index (χ3n) is 11.3. The van der Waals surface area contributed by atoms with Gasteiger partial charge in [0.15, 0.2) is 5.76 Å². The van der Waals surface area contributed by atoms with Crippen LogP contribution in [-0.4, -0.2) is 71.9 Å². The van der Waals surface area contributed by atoms with Gasteiger partial charge in [0.2, 0.25) is 5.72 Å². The highest BCUT2D eigenvalue weighted by Crippen LogP contribution is 2.67. The predicted molar refractivity (Wildman–Crippen MR) is 169 cm³/mol. The Morgan fingerprint density at radius 2 is 1.81 bits per heavy atom. The molecule has 1 spiro atoms. The first-order valence-corrected chi connectivity index (χ1v) is 16.6. The quantitative estimate of drug-likeness (QED) is 0.116. The number of piperidine rings is 1. The van der Waals surface area contributed by atoms with Gasteiger partial charge in [-0.3, -0.25) is 9.59 Å². The fraction of sp³-hybridized carbons (Fsp3) is 0.459. The van der Waals surface area contributed by atoms with E-state index < -0.39 is 41.2 Å². The van der Waals surface area contributed by atoms with Crippen LogP contribution in [0.2, 0.25) is 0 Å². The number of likely N-dealkylation sites (tertiary alicyclic amines) is 1. The van der Waals surface area contributed by atoms with Crippen molar-refractivity contribution < 1.29 is 46.6 Å². The first-order chi connectivity index (χ1) is 22.8. The lowest BCUT2D eigenvalue weighted by molar-refractivity contribution is -0.945. The van der Waals surface area contributed by atoms with Gasteiger partial charge in [-0.25, -0.2) is 0 Å². The molecule has 7 atom stereocenters. The number of hydrogen-bond acceptors (Lipinski definition) is 6. The number of nitrogens with one attached hydrogen (secondary N) is 1. The van der Waals surface area contributed by atoms with Crippen LogP contribution in [-0.2, 0) is 30.2 Å². The van der Waals surface area contributed by atoms with Crippen LogP contribution in [0.4, 0.5) is 13.2 Å². The molecule has 2 N–H and O–H groups in total. The Balaban J connectivity index is 1.27. The number of ether oxygens (including phenoxy) is 3. The number of carbonyl (C=O) groups excluding carboxylic acids is 2. The summed E-state index contributed by atoms with van der Waals surface area (Å²) in [6, 6.07) is 18.6. The molecule has 2 aromatic carbocycles. The van der Waals surface area contributed by atoms with Gasteiger partial charge in [-0.05, 0) is 35.6 Å². The van der Waals surface area contributed by atoms with Gasteiger partial charge in [0.25, 0.3) is 5.91 Å². The fourth-order valence-electron chi connectivity index (χ4n) is 9.38. The summed E-state index contributed by atoms with van der Waals surface area (Å²) < 4.78 is 58.4. The Bertz CT molecular complexity index is 1690. The van der Waals surface area contributed by atoms with Crippen LogP contribution < -0.4 is 5.32 Å². The summed E-state index contributed by atoms with van der Waals surface area (Å²) in [5.74, 6) is -3.08. The number of alkyl halides is 3. The van der Waals surface area contributed by atoms with E-state index in [4.69, 9.17) is 9.47 Å². The minimum absolute atomic E-state index is 0.165. The lowest BCUT2D eigenvalue weighted by atomic mass is 9.50. The number of aliphatic hydroxyl groups excluding tert-OH is 1. The molecule has 2 saturated heterocycles. The number of nitrogens with zero attached hydrogens (tertiary/aromatic N) is 1. The summed E-state index contributed by atoms with van der Waals surface area (Å²) in [4.78, 5) is 26.4. The number of quaternary nitrogens is 1. The van der Waals surface area contributed by atoms with Crippen molar-refractivity contribution in [2.24, 2.45) is 11.3 Å². The van der Waals surface area contributed by atoms with Gasteiger partial charge < -0.3 is 29.1 Å². The first kappa shape index (κ1) is 32.5. The largest absolute Gasteiger partial charge is 0.573 e. The van der Waals surface area contributed by atoms with E-state index in [1.165, 1.54) is 23.8 Å². The number of likely N-dealkylation sites (N-methyl/N-ethyl adjacent to an activating group) is 1. The van der Waals surface area contributed by atoms with E-state index >= 15 is 0 Å². The van der Waals surface area contributed by atoms with Crippen LogP contribution in [0.1, 0.15) is 50.2 Å². The van der Waals surface area contributed by atoms with Gasteiger partial charge in [0.1, 0.15) is 11.9 Å². The van der Waals surface area contributed by atoms with E-state index in [1.807, 2.05) is 6.07 Å². The van der Waals surface area contributed by atoms with Crippen molar-refractivity contribution in [3.8, 4) is 0 Å². The van der Waals surface area contributed by atoms with Crippen molar-refractivity contribution in [3.05, 3.63) is 101 Å². The predicted octanol–water partition coefficient (Wildman–Crippen LogP) is 6.11. The van der Waals surface area contributed by atoms with E-state index in [9.17, 15) is 27.9 Å². The van der Waals surface area contributed by atoms with Gasteiger partial charge in [-0.15, -0.1) is 13.2 Å². The molecule has 11 heteroatoms. The van der Waals surface area contributed by atoms with Crippen LogP contribution >= 0.6 is 0 Å². The van der Waals surface area contributed by atoms with Crippen LogP contribution in [0.3, 0.4) is 0 Å². The number of allylic oxidation sites excluding steroid dienone is 1. The minimum atomic E-state index is -5.18. The van der Waals surface area contributed by atoms with Crippen LogP contribution in [0.5, 0.6) is 0 Å². The van der Waals surface area contributed by atoms with Crippen molar-refractivity contribution in [3.63, 3.8) is 0 Å². The Kier molecular flexibility index (Phi) is 7.98. The monoisotopic (exact) mass is 665 g/mol. The van der Waals surface area contributed by atoms with Crippen LogP contribution in [0.25, 0.3) is 6.08 Å². The Morgan fingerprint density at radius 3 is 2.50 bits per heavy atom. The summed E-state index contributed by atoms with van der Waals surface area (Å²) in [5.41, 5.74) is 0.515. The van der Waals surface area contributed by atoms with E-state index in [0.29, 0.717) is 12.0 Å². The van der Waals surface area contributed by atoms with E-state index in [2.05, 4.69) is 41.4 Å². The van der Waals surface area contributed by atoms with E-state index in [0.717, 1.165) is 73.8 Å². The number of benzene rings is 2. The molecule has 1 saturated carbocycles. The summed E-state index contributed by atoms with van der Waals surface area (Å²) in [7, 11) is 2.30. The molecule has 3 fully saturated rings. The van der Waals surface area contributed by atoms with Crippen molar-refractivity contribution in [1.29, 1.82) is 0 Å². The van der Waals surface area contributed by atoms with E-state index in [1.54, 1.807) is 18.2 Å². The smallest absolute Gasteiger partial charge is 0.508 e. The molecule has 8 nitrogen and oxygen atoms in total. The van der Waals surface area contributed by atoms with Gasteiger partial charge >= 0.3 is 12.3 Å². The summed E-state index contributed by atoms with van der Waals surface area (Å²) in [6.07, 6.45) is 0.607. The summed E-state index contributed by atoms with van der Waals surface area (Å²) in [6.45, 7) is 2.95. The lowest BCUT2D eigenvalue weighted by Gasteiger charge is -2.62. The van der Waals surface area contributed by atoms with E-state index in [-0.39, 0.29) is 23.8 Å². The molecule has 2 aliphatic heterocycles. The van der Waals surface area contributed by atoms with Crippen LogP contribution in [0, 0.1) is 11.3 Å². The molecular weight excluding hydrogens is 625 g/mol. The van der Waals surface area contributed by atoms with Gasteiger partial charge in [-0.2, -0.15) is 0 Å². The maximum atomic E-state index is 13.8. The number of amides is 1.